The molecule has 31 heavy (non-hydrogen) atoms. The van der Waals surface area contributed by atoms with Crippen LogP contribution in [0, 0.1) is 5.92 Å². The van der Waals surface area contributed by atoms with Gasteiger partial charge in [-0.05, 0) is 29.7 Å². The van der Waals surface area contributed by atoms with Crippen LogP contribution in [0.3, 0.4) is 0 Å². The summed E-state index contributed by atoms with van der Waals surface area (Å²) in [4.78, 5) is 4.13. The number of hydrogen-bond acceptors (Lipinski definition) is 4. The van der Waals surface area contributed by atoms with Crippen molar-refractivity contribution in [3.63, 3.8) is 0 Å². The molecule has 1 aliphatic carbocycles. The Morgan fingerprint density at radius 3 is 2.23 bits per heavy atom. The first-order valence-electron chi connectivity index (χ1n) is 10.1. The number of halogens is 2. The Hall–Kier alpha value is -2.34. The van der Waals surface area contributed by atoms with Crippen molar-refractivity contribution < 1.29 is 0 Å². The molecule has 4 nitrogen and oxygen atoms in total. The summed E-state index contributed by atoms with van der Waals surface area (Å²) in [6.45, 7) is 0.674. The van der Waals surface area contributed by atoms with Crippen molar-refractivity contribution >= 4 is 35.0 Å². The van der Waals surface area contributed by atoms with Gasteiger partial charge in [0.2, 0.25) is 0 Å². The Morgan fingerprint density at radius 2 is 1.58 bits per heavy atom. The van der Waals surface area contributed by atoms with Gasteiger partial charge >= 0.3 is 0 Å². The minimum Gasteiger partial charge on any atom is -0.298 e. The summed E-state index contributed by atoms with van der Waals surface area (Å²) in [6.07, 6.45) is 4.32. The van der Waals surface area contributed by atoms with E-state index in [0.717, 1.165) is 23.0 Å². The Kier molecular flexibility index (Phi) is 5.74. The van der Waals surface area contributed by atoms with Crippen molar-refractivity contribution in [2.45, 2.75) is 27.7 Å². The Morgan fingerprint density at radius 1 is 0.935 bits per heavy atom. The second-order valence-corrected chi connectivity index (χ2v) is 10.3. The van der Waals surface area contributed by atoms with Crippen LogP contribution in [0.2, 0.25) is 0 Å². The molecule has 5 rings (SSSR count). The van der Waals surface area contributed by atoms with Crippen LogP contribution in [-0.2, 0) is 6.54 Å². The fourth-order valence-electron chi connectivity index (χ4n) is 3.70. The molecule has 0 radical (unpaired) electrons. The first-order valence-corrected chi connectivity index (χ1v) is 11.7. The van der Waals surface area contributed by atoms with E-state index in [1.165, 1.54) is 11.1 Å². The normalized spacial score (nSPS) is 17.9. The highest BCUT2D eigenvalue weighted by molar-refractivity contribution is 7.99. The van der Waals surface area contributed by atoms with Crippen LogP contribution in [0.4, 0.5) is 0 Å². The highest BCUT2D eigenvalue weighted by Crippen LogP contribution is 2.63. The largest absolute Gasteiger partial charge is 0.298 e. The molecular weight excluding hydrogens is 447 g/mol. The molecule has 2 heterocycles. The Bertz CT molecular complexity index is 1150. The smallest absolute Gasteiger partial charge is 0.192 e. The molecule has 0 bridgehead atoms. The number of alkyl halides is 2. The summed E-state index contributed by atoms with van der Waals surface area (Å²) in [5.74, 6) is 0.980. The number of benzene rings is 2. The van der Waals surface area contributed by atoms with E-state index in [9.17, 15) is 0 Å². The Labute approximate surface area is 195 Å². The van der Waals surface area contributed by atoms with Crippen molar-refractivity contribution in [3.8, 4) is 11.4 Å². The molecule has 0 saturated heterocycles. The van der Waals surface area contributed by atoms with Gasteiger partial charge in [-0.15, -0.1) is 33.4 Å². The second kappa shape index (κ2) is 8.65. The third-order valence-corrected chi connectivity index (χ3v) is 7.68. The number of aromatic nitrogens is 4. The summed E-state index contributed by atoms with van der Waals surface area (Å²) in [5.41, 5.74) is 3.36. The lowest BCUT2D eigenvalue weighted by Crippen LogP contribution is -2.07. The van der Waals surface area contributed by atoms with E-state index in [4.69, 9.17) is 23.2 Å². The van der Waals surface area contributed by atoms with Gasteiger partial charge < -0.3 is 0 Å². The number of pyridine rings is 1. The third kappa shape index (κ3) is 4.49. The maximum absolute atomic E-state index is 6.49. The van der Waals surface area contributed by atoms with E-state index in [0.29, 0.717) is 6.54 Å². The van der Waals surface area contributed by atoms with Gasteiger partial charge in [-0.25, -0.2) is 0 Å². The molecule has 0 aliphatic heterocycles. The van der Waals surface area contributed by atoms with Gasteiger partial charge in [0.1, 0.15) is 4.33 Å². The van der Waals surface area contributed by atoms with Gasteiger partial charge in [0.15, 0.2) is 11.0 Å². The maximum Gasteiger partial charge on any atom is 0.192 e. The summed E-state index contributed by atoms with van der Waals surface area (Å²) in [5, 5.41) is 10.1. The molecule has 0 N–H and O–H groups in total. The summed E-state index contributed by atoms with van der Waals surface area (Å²) in [7, 11) is 0. The minimum absolute atomic E-state index is 0.0974. The van der Waals surface area contributed by atoms with Crippen molar-refractivity contribution in [1.29, 1.82) is 0 Å². The fourth-order valence-corrected chi connectivity index (χ4v) is 5.81. The van der Waals surface area contributed by atoms with Crippen LogP contribution in [0.15, 0.2) is 90.3 Å². The standard InChI is InChI=1S/C24H20Cl2N4S/c25-24(26)15-20(24)21(18-9-5-2-6-10-18)31-23-29-28-22(19-11-13-27-14-12-19)30(23)16-17-7-3-1-4-8-17/h1-14,20-21H,15-16H2. The molecule has 4 aromatic rings. The molecule has 2 aromatic carbocycles. The zero-order valence-corrected chi connectivity index (χ0v) is 18.9. The molecule has 7 heteroatoms. The van der Waals surface area contributed by atoms with Crippen LogP contribution in [0.25, 0.3) is 11.4 Å². The van der Waals surface area contributed by atoms with Crippen LogP contribution in [0.5, 0.6) is 0 Å². The summed E-state index contributed by atoms with van der Waals surface area (Å²) >= 11 is 14.7. The highest BCUT2D eigenvalue weighted by Gasteiger charge is 2.56. The average Bonchev–Trinajstić information content (AvgIpc) is 3.26. The first kappa shape index (κ1) is 20.6. The molecular formula is C24H20Cl2N4S. The molecule has 156 valence electrons. The van der Waals surface area contributed by atoms with Crippen molar-refractivity contribution in [2.75, 3.05) is 0 Å². The number of rotatable bonds is 7. The highest BCUT2D eigenvalue weighted by atomic mass is 35.5. The van der Waals surface area contributed by atoms with Crippen LogP contribution >= 0.6 is 35.0 Å². The molecule has 0 spiro atoms. The predicted molar refractivity (Wildman–Crippen MR) is 126 cm³/mol. The van der Waals surface area contributed by atoms with Gasteiger partial charge in [0.25, 0.3) is 0 Å². The van der Waals surface area contributed by atoms with E-state index < -0.39 is 4.33 Å². The molecule has 0 amide bonds. The van der Waals surface area contributed by atoms with Gasteiger partial charge in [0.05, 0.1) is 6.54 Å². The van der Waals surface area contributed by atoms with Crippen molar-refractivity contribution in [3.05, 3.63) is 96.3 Å². The number of hydrogen-bond donors (Lipinski definition) is 0. The zero-order valence-electron chi connectivity index (χ0n) is 16.6. The molecule has 1 aliphatic rings. The van der Waals surface area contributed by atoms with Gasteiger partial charge in [-0.1, -0.05) is 72.4 Å². The quantitative estimate of drug-likeness (QED) is 0.233. The van der Waals surface area contributed by atoms with Gasteiger partial charge in [-0.3, -0.25) is 9.55 Å². The monoisotopic (exact) mass is 466 g/mol. The van der Waals surface area contributed by atoms with Crippen LogP contribution in [0.1, 0.15) is 22.8 Å². The maximum atomic E-state index is 6.49. The Balaban J connectivity index is 1.54. The molecule has 2 unspecified atom stereocenters. The lowest BCUT2D eigenvalue weighted by atomic mass is 10.1. The SMILES string of the molecule is ClC1(Cl)CC1C(Sc1nnc(-c2ccncc2)n1Cc1ccccc1)c1ccccc1. The average molecular weight is 467 g/mol. The third-order valence-electron chi connectivity index (χ3n) is 5.44. The van der Waals surface area contributed by atoms with E-state index in [-0.39, 0.29) is 11.2 Å². The minimum atomic E-state index is -0.689. The van der Waals surface area contributed by atoms with E-state index in [2.05, 4.69) is 44.0 Å². The first-order chi connectivity index (χ1) is 15.1. The molecule has 1 fully saturated rings. The van der Waals surface area contributed by atoms with Crippen LogP contribution < -0.4 is 0 Å². The van der Waals surface area contributed by atoms with Crippen molar-refractivity contribution in [2.24, 2.45) is 5.92 Å². The topological polar surface area (TPSA) is 43.6 Å². The molecule has 2 aromatic heterocycles. The van der Waals surface area contributed by atoms with Crippen LogP contribution in [-0.4, -0.2) is 24.1 Å². The van der Waals surface area contributed by atoms with E-state index in [1.54, 1.807) is 24.2 Å². The van der Waals surface area contributed by atoms with E-state index >= 15 is 0 Å². The lowest BCUT2D eigenvalue weighted by Gasteiger charge is -2.18. The summed E-state index contributed by atoms with van der Waals surface area (Å²) < 4.78 is 1.48. The zero-order chi connectivity index (χ0) is 21.3. The van der Waals surface area contributed by atoms with Gasteiger partial charge in [0, 0.05) is 29.1 Å². The second-order valence-electron chi connectivity index (χ2n) is 7.63. The van der Waals surface area contributed by atoms with E-state index in [1.807, 2.05) is 48.5 Å². The fraction of sp³-hybridized carbons (Fsp3) is 0.208. The van der Waals surface area contributed by atoms with Gasteiger partial charge in [-0.2, -0.15) is 0 Å². The number of nitrogens with zero attached hydrogens (tertiary/aromatic N) is 4. The summed E-state index contributed by atoms with van der Waals surface area (Å²) in [6, 6.07) is 24.6. The predicted octanol–water partition coefficient (Wildman–Crippen LogP) is 6.42. The van der Waals surface area contributed by atoms with Crippen molar-refractivity contribution in [1.82, 2.24) is 19.7 Å². The molecule has 2 atom stereocenters. The molecule has 1 saturated carbocycles. The lowest BCUT2D eigenvalue weighted by molar-refractivity contribution is 0.704. The number of thioether (sulfide) groups is 1.